The van der Waals surface area contributed by atoms with Crippen molar-refractivity contribution >= 4 is 50.3 Å². The van der Waals surface area contributed by atoms with Crippen molar-refractivity contribution in [2.75, 3.05) is 43.9 Å². The average molecular weight is 556 g/mol. The van der Waals surface area contributed by atoms with E-state index >= 15 is 4.39 Å². The standard InChI is InChI=1S/C30H30FN7O3/c1-14-20(31)8-21(32-2)25-23(14)24-26(38-6-5-15-11-36(3)13-22(15)38)18(10-33-28(24)35-25)16-7-17-27(39)19(30(40)41)12-37(4)29(17)34-9-16/h7-10,12,15,22,32H,5-6,11,13H2,1-4H3,(H,33,35)(H,40,41)/t15-,22+/m0/s1. The topological polar surface area (TPSA) is 119 Å². The van der Waals surface area contributed by atoms with Crippen LogP contribution >= 0.6 is 0 Å². The monoisotopic (exact) mass is 555 g/mol. The Kier molecular flexibility index (Phi) is 5.59. The van der Waals surface area contributed by atoms with Gasteiger partial charge >= 0.3 is 5.97 Å². The second kappa shape index (κ2) is 9.00. The summed E-state index contributed by atoms with van der Waals surface area (Å²) in [6, 6.07) is 3.47. The van der Waals surface area contributed by atoms with E-state index in [2.05, 4.69) is 32.1 Å². The third-order valence-electron chi connectivity index (χ3n) is 8.91. The number of carbonyl (C=O) groups is 1. The van der Waals surface area contributed by atoms with Gasteiger partial charge < -0.3 is 29.8 Å². The fraction of sp³-hybridized carbons (Fsp3) is 0.333. The largest absolute Gasteiger partial charge is 0.477 e. The molecule has 0 amide bonds. The molecule has 210 valence electrons. The van der Waals surface area contributed by atoms with Gasteiger partial charge in [0.25, 0.3) is 0 Å². The van der Waals surface area contributed by atoms with Crippen LogP contribution in [-0.2, 0) is 7.05 Å². The van der Waals surface area contributed by atoms with Gasteiger partial charge in [0.1, 0.15) is 22.7 Å². The molecule has 7 rings (SSSR count). The Morgan fingerprint density at radius 1 is 1.17 bits per heavy atom. The molecule has 5 aromatic rings. The summed E-state index contributed by atoms with van der Waals surface area (Å²) in [5, 5.41) is 14.5. The van der Waals surface area contributed by atoms with Crippen LogP contribution in [0, 0.1) is 18.7 Å². The summed E-state index contributed by atoms with van der Waals surface area (Å²) in [7, 11) is 5.57. The average Bonchev–Trinajstić information content (AvgIpc) is 3.64. The number of rotatable bonds is 4. The molecule has 4 aromatic heterocycles. The summed E-state index contributed by atoms with van der Waals surface area (Å²) >= 11 is 0. The summed E-state index contributed by atoms with van der Waals surface area (Å²) in [4.78, 5) is 42.6. The first-order valence-corrected chi connectivity index (χ1v) is 13.7. The fourth-order valence-electron chi connectivity index (χ4n) is 6.96. The van der Waals surface area contributed by atoms with Crippen LogP contribution in [0.4, 0.5) is 15.8 Å². The first kappa shape index (κ1) is 25.5. The van der Waals surface area contributed by atoms with Gasteiger partial charge in [0.05, 0.1) is 27.7 Å². The van der Waals surface area contributed by atoms with Crippen LogP contribution in [0.15, 0.2) is 35.5 Å². The highest BCUT2D eigenvalue weighted by molar-refractivity contribution is 6.19. The van der Waals surface area contributed by atoms with Crippen molar-refractivity contribution in [1.82, 2.24) is 24.4 Å². The molecule has 6 heterocycles. The zero-order valence-corrected chi connectivity index (χ0v) is 23.2. The van der Waals surface area contributed by atoms with E-state index in [0.717, 1.165) is 53.6 Å². The molecule has 0 unspecified atom stereocenters. The maximum absolute atomic E-state index is 15.3. The number of benzene rings is 1. The van der Waals surface area contributed by atoms with Crippen molar-refractivity contribution in [2.24, 2.45) is 13.0 Å². The van der Waals surface area contributed by atoms with E-state index < -0.39 is 11.4 Å². The van der Waals surface area contributed by atoms with Crippen molar-refractivity contribution < 1.29 is 14.3 Å². The number of carboxylic acid groups (broad SMARTS) is 1. The Hall–Kier alpha value is -4.51. The van der Waals surface area contributed by atoms with E-state index in [1.54, 1.807) is 44.0 Å². The third kappa shape index (κ3) is 3.65. The molecule has 10 nitrogen and oxygen atoms in total. The Morgan fingerprint density at radius 3 is 2.73 bits per heavy atom. The molecule has 3 N–H and O–H groups in total. The van der Waals surface area contributed by atoms with E-state index in [-0.39, 0.29) is 22.8 Å². The van der Waals surface area contributed by atoms with Gasteiger partial charge in [-0.1, -0.05) is 0 Å². The van der Waals surface area contributed by atoms with Gasteiger partial charge in [0, 0.05) is 74.9 Å². The van der Waals surface area contributed by atoms with E-state index in [1.807, 2.05) is 0 Å². The lowest BCUT2D eigenvalue weighted by Gasteiger charge is -2.29. The molecule has 0 radical (unpaired) electrons. The van der Waals surface area contributed by atoms with Gasteiger partial charge in [0.2, 0.25) is 5.43 Å². The maximum atomic E-state index is 15.3. The minimum Gasteiger partial charge on any atom is -0.477 e. The number of fused-ring (bicyclic) bond motifs is 5. The fourth-order valence-corrected chi connectivity index (χ4v) is 6.96. The Balaban J connectivity index is 1.57. The lowest BCUT2D eigenvalue weighted by Crippen LogP contribution is -2.35. The molecular formula is C30H30FN7O3. The van der Waals surface area contributed by atoms with Crippen LogP contribution in [0.3, 0.4) is 0 Å². The van der Waals surface area contributed by atoms with Crippen molar-refractivity contribution in [3.05, 3.63) is 57.9 Å². The minimum atomic E-state index is -1.29. The number of anilines is 2. The predicted molar refractivity (Wildman–Crippen MR) is 158 cm³/mol. The molecule has 2 atom stereocenters. The molecule has 0 bridgehead atoms. The number of H-pyrrole nitrogens is 1. The number of aromatic amines is 1. The second-order valence-corrected chi connectivity index (χ2v) is 11.3. The quantitative estimate of drug-likeness (QED) is 0.305. The first-order valence-electron chi connectivity index (χ1n) is 13.7. The van der Waals surface area contributed by atoms with Gasteiger partial charge in [-0.3, -0.25) is 4.79 Å². The lowest BCUT2D eigenvalue weighted by molar-refractivity contribution is 0.0695. The van der Waals surface area contributed by atoms with Crippen LogP contribution in [-0.4, -0.2) is 75.3 Å². The summed E-state index contributed by atoms with van der Waals surface area (Å²) < 4.78 is 16.8. The molecule has 2 saturated heterocycles. The summed E-state index contributed by atoms with van der Waals surface area (Å²) in [5.74, 6) is -1.09. The number of aromatic nitrogens is 4. The smallest absolute Gasteiger partial charge is 0.341 e. The number of pyridine rings is 3. The first-order chi connectivity index (χ1) is 19.7. The van der Waals surface area contributed by atoms with E-state index in [4.69, 9.17) is 4.98 Å². The Labute approximate surface area is 234 Å². The minimum absolute atomic E-state index is 0.217. The lowest BCUT2D eigenvalue weighted by atomic mass is 9.98. The van der Waals surface area contributed by atoms with E-state index in [9.17, 15) is 14.7 Å². The SMILES string of the molecule is CNc1cc(F)c(C)c2c1[nH]c1ncc(-c3cnc4c(c3)c(=O)c(C(=O)O)cn4C)c(N3CC[C@H]4CN(C)C[C@H]43)c12. The number of nitrogens with zero attached hydrogens (tertiary/aromatic N) is 5. The number of carboxylic acids is 1. The molecule has 41 heavy (non-hydrogen) atoms. The van der Waals surface area contributed by atoms with Gasteiger partial charge in [-0.15, -0.1) is 0 Å². The van der Waals surface area contributed by atoms with Gasteiger partial charge in [-0.2, -0.15) is 0 Å². The van der Waals surface area contributed by atoms with E-state index in [1.165, 1.54) is 12.3 Å². The number of hydrogen-bond acceptors (Lipinski definition) is 7. The van der Waals surface area contributed by atoms with Gasteiger partial charge in [-0.25, -0.2) is 19.2 Å². The number of aryl methyl sites for hydroxylation is 2. The van der Waals surface area contributed by atoms with Crippen LogP contribution in [0.5, 0.6) is 0 Å². The van der Waals surface area contributed by atoms with Crippen LogP contribution in [0.1, 0.15) is 22.3 Å². The van der Waals surface area contributed by atoms with Crippen LogP contribution in [0.25, 0.3) is 44.1 Å². The zero-order chi connectivity index (χ0) is 28.7. The van der Waals surface area contributed by atoms with E-state index in [0.29, 0.717) is 34.0 Å². The van der Waals surface area contributed by atoms with Crippen molar-refractivity contribution in [1.29, 1.82) is 0 Å². The Morgan fingerprint density at radius 2 is 1.98 bits per heavy atom. The molecule has 2 aliphatic heterocycles. The molecule has 0 aliphatic carbocycles. The number of hydrogen-bond donors (Lipinski definition) is 3. The number of nitrogens with one attached hydrogen (secondary N) is 2. The molecule has 11 heteroatoms. The molecule has 2 aliphatic rings. The van der Waals surface area contributed by atoms with Gasteiger partial charge in [0.15, 0.2) is 0 Å². The summed E-state index contributed by atoms with van der Waals surface area (Å²) in [6.45, 7) is 4.54. The van der Waals surface area contributed by atoms with Crippen LogP contribution in [0.2, 0.25) is 0 Å². The molecule has 2 fully saturated rings. The molecule has 0 saturated carbocycles. The summed E-state index contributed by atoms with van der Waals surface area (Å²) in [5.41, 5.74) is 4.43. The van der Waals surface area contributed by atoms with Crippen molar-refractivity contribution in [2.45, 2.75) is 19.4 Å². The maximum Gasteiger partial charge on any atom is 0.341 e. The zero-order valence-electron chi connectivity index (χ0n) is 23.2. The van der Waals surface area contributed by atoms with Crippen molar-refractivity contribution in [3.63, 3.8) is 0 Å². The molecule has 1 aromatic carbocycles. The van der Waals surface area contributed by atoms with Crippen molar-refractivity contribution in [3.8, 4) is 11.1 Å². The summed E-state index contributed by atoms with van der Waals surface area (Å²) in [6.07, 6.45) is 5.80. The van der Waals surface area contributed by atoms with Gasteiger partial charge in [-0.05, 0) is 44.0 Å². The number of likely N-dealkylation sites (N-methyl/N-ethyl adjacent to an activating group) is 1. The van der Waals surface area contributed by atoms with Crippen LogP contribution < -0.4 is 15.6 Å². The normalized spacial score (nSPS) is 19.1. The molecular weight excluding hydrogens is 525 g/mol. The number of halogens is 1. The highest BCUT2D eigenvalue weighted by Crippen LogP contribution is 2.47. The highest BCUT2D eigenvalue weighted by Gasteiger charge is 2.42. The number of aromatic carboxylic acids is 1. The number of likely N-dealkylation sites (tertiary alicyclic amines) is 1. The third-order valence-corrected chi connectivity index (χ3v) is 8.91. The molecule has 0 spiro atoms. The predicted octanol–water partition coefficient (Wildman–Crippen LogP) is 3.96. The Bertz CT molecular complexity index is 1980. The second-order valence-electron chi connectivity index (χ2n) is 11.3. The highest BCUT2D eigenvalue weighted by atomic mass is 19.1.